The molecule has 0 saturated heterocycles. The van der Waals surface area contributed by atoms with Crippen LogP contribution in [-0.4, -0.2) is 28.2 Å². The van der Waals surface area contributed by atoms with Crippen LogP contribution in [-0.2, 0) is 6.54 Å². The summed E-state index contributed by atoms with van der Waals surface area (Å²) >= 11 is 0. The number of aliphatic hydroxyl groups excluding tert-OH is 1. The van der Waals surface area contributed by atoms with Gasteiger partial charge in [0, 0.05) is 43.2 Å². The second kappa shape index (κ2) is 8.21. The molecule has 0 saturated carbocycles. The van der Waals surface area contributed by atoms with Gasteiger partial charge in [0.15, 0.2) is 0 Å². The third kappa shape index (κ3) is 4.73. The van der Waals surface area contributed by atoms with Gasteiger partial charge in [0.1, 0.15) is 5.75 Å². The summed E-state index contributed by atoms with van der Waals surface area (Å²) in [5, 5.41) is 24.1. The van der Waals surface area contributed by atoms with Crippen LogP contribution in [0.1, 0.15) is 24.2 Å². The van der Waals surface area contributed by atoms with E-state index in [9.17, 15) is 15.2 Å². The number of aromatic nitrogens is 1. The van der Waals surface area contributed by atoms with Crippen molar-refractivity contribution in [1.29, 1.82) is 0 Å². The average molecular weight is 317 g/mol. The number of pyridine rings is 1. The molecule has 1 aromatic heterocycles. The summed E-state index contributed by atoms with van der Waals surface area (Å²) in [5.41, 5.74) is 1.46. The summed E-state index contributed by atoms with van der Waals surface area (Å²) in [7, 11) is 0. The van der Waals surface area contributed by atoms with Crippen LogP contribution < -0.4 is 10.1 Å². The zero-order chi connectivity index (χ0) is 16.7. The molecule has 1 heterocycles. The van der Waals surface area contributed by atoms with Crippen LogP contribution in [0.5, 0.6) is 5.75 Å². The normalized spacial score (nSPS) is 11.9. The number of nitro groups is 1. The number of hydrogen-bond donors (Lipinski definition) is 2. The third-order valence-electron chi connectivity index (χ3n) is 3.30. The number of benzene rings is 1. The van der Waals surface area contributed by atoms with E-state index in [4.69, 9.17) is 4.74 Å². The molecule has 7 nitrogen and oxygen atoms in total. The van der Waals surface area contributed by atoms with E-state index in [1.54, 1.807) is 30.6 Å². The Kier molecular flexibility index (Phi) is 6.02. The number of nitro benzene ring substituents is 1. The molecule has 0 spiro atoms. The summed E-state index contributed by atoms with van der Waals surface area (Å²) in [6, 6.07) is 7.98. The van der Waals surface area contributed by atoms with Gasteiger partial charge in [-0.2, -0.15) is 0 Å². The van der Waals surface area contributed by atoms with Crippen molar-refractivity contribution < 1.29 is 14.8 Å². The number of hydrogen-bond acceptors (Lipinski definition) is 6. The molecule has 0 bridgehead atoms. The van der Waals surface area contributed by atoms with E-state index in [-0.39, 0.29) is 5.69 Å². The van der Waals surface area contributed by atoms with Crippen molar-refractivity contribution in [3.05, 3.63) is 64.0 Å². The lowest BCUT2D eigenvalue weighted by Crippen LogP contribution is -2.21. The van der Waals surface area contributed by atoms with Crippen LogP contribution in [0.2, 0.25) is 0 Å². The summed E-state index contributed by atoms with van der Waals surface area (Å²) in [6.07, 6.45) is 2.56. The highest BCUT2D eigenvalue weighted by atomic mass is 16.6. The maximum atomic E-state index is 10.9. The summed E-state index contributed by atoms with van der Waals surface area (Å²) in [5.74, 6) is 0.601. The van der Waals surface area contributed by atoms with Gasteiger partial charge in [0.25, 0.3) is 5.69 Å². The Balaban J connectivity index is 2.01. The zero-order valence-corrected chi connectivity index (χ0v) is 12.8. The van der Waals surface area contributed by atoms with Gasteiger partial charge in [-0.15, -0.1) is 0 Å². The molecule has 0 fully saturated rings. The van der Waals surface area contributed by atoms with Crippen molar-refractivity contribution in [3.8, 4) is 5.75 Å². The first kappa shape index (κ1) is 16.9. The minimum atomic E-state index is -0.674. The number of nitrogens with zero attached hydrogens (tertiary/aromatic N) is 2. The van der Waals surface area contributed by atoms with Gasteiger partial charge in [-0.25, -0.2) is 0 Å². The van der Waals surface area contributed by atoms with E-state index < -0.39 is 11.0 Å². The topological polar surface area (TPSA) is 97.5 Å². The van der Waals surface area contributed by atoms with Gasteiger partial charge in [0.2, 0.25) is 0 Å². The second-order valence-electron chi connectivity index (χ2n) is 4.91. The van der Waals surface area contributed by atoms with E-state index in [1.807, 2.05) is 6.92 Å². The lowest BCUT2D eigenvalue weighted by molar-refractivity contribution is -0.384. The molecule has 1 aromatic carbocycles. The molecule has 122 valence electrons. The Morgan fingerprint density at radius 2 is 2.09 bits per heavy atom. The SMILES string of the molecule is CCOc1ccc([N+](=O)[O-])cc1CNCC(O)c1ccncc1. The molecular weight excluding hydrogens is 298 g/mol. The van der Waals surface area contributed by atoms with Crippen molar-refractivity contribution in [1.82, 2.24) is 10.3 Å². The highest BCUT2D eigenvalue weighted by Gasteiger charge is 2.12. The van der Waals surface area contributed by atoms with E-state index in [2.05, 4.69) is 10.3 Å². The van der Waals surface area contributed by atoms with E-state index >= 15 is 0 Å². The molecule has 0 radical (unpaired) electrons. The van der Waals surface area contributed by atoms with E-state index in [1.165, 1.54) is 12.1 Å². The maximum Gasteiger partial charge on any atom is 0.270 e. The third-order valence-corrected chi connectivity index (χ3v) is 3.30. The molecular formula is C16H19N3O4. The summed E-state index contributed by atoms with van der Waals surface area (Å²) in [6.45, 7) is 3.01. The fraction of sp³-hybridized carbons (Fsp3) is 0.312. The Morgan fingerprint density at radius 3 is 2.74 bits per heavy atom. The van der Waals surface area contributed by atoms with Crippen molar-refractivity contribution >= 4 is 5.69 Å². The van der Waals surface area contributed by atoms with Gasteiger partial charge in [-0.1, -0.05) is 0 Å². The molecule has 2 N–H and O–H groups in total. The molecule has 1 atom stereocenters. The monoisotopic (exact) mass is 317 g/mol. The molecule has 0 aliphatic carbocycles. The highest BCUT2D eigenvalue weighted by Crippen LogP contribution is 2.24. The van der Waals surface area contributed by atoms with Crippen LogP contribution in [0.15, 0.2) is 42.7 Å². The van der Waals surface area contributed by atoms with Crippen LogP contribution in [0.3, 0.4) is 0 Å². The molecule has 1 unspecified atom stereocenters. The van der Waals surface area contributed by atoms with Gasteiger partial charge in [-0.3, -0.25) is 15.1 Å². The quantitative estimate of drug-likeness (QED) is 0.572. The van der Waals surface area contributed by atoms with Crippen molar-refractivity contribution in [3.63, 3.8) is 0 Å². The van der Waals surface area contributed by atoms with Crippen molar-refractivity contribution in [2.45, 2.75) is 19.6 Å². The van der Waals surface area contributed by atoms with Crippen molar-refractivity contribution in [2.75, 3.05) is 13.2 Å². The van der Waals surface area contributed by atoms with E-state index in [0.29, 0.717) is 31.0 Å². The first-order valence-electron chi connectivity index (χ1n) is 7.30. The molecule has 7 heteroatoms. The first-order chi connectivity index (χ1) is 11.1. The van der Waals surface area contributed by atoms with Crippen LogP contribution in [0.4, 0.5) is 5.69 Å². The molecule has 0 aliphatic heterocycles. The largest absolute Gasteiger partial charge is 0.494 e. The number of non-ortho nitro benzene ring substituents is 1. The Bertz CT molecular complexity index is 649. The van der Waals surface area contributed by atoms with Gasteiger partial charge < -0.3 is 15.2 Å². The standard InChI is InChI=1S/C16H19N3O4/c1-2-23-16-4-3-14(19(21)22)9-13(16)10-18-11-15(20)12-5-7-17-8-6-12/h3-9,15,18,20H,2,10-11H2,1H3. The van der Waals surface area contributed by atoms with Crippen LogP contribution in [0.25, 0.3) is 0 Å². The fourth-order valence-corrected chi connectivity index (χ4v) is 2.16. The molecule has 2 aromatic rings. The highest BCUT2D eigenvalue weighted by molar-refractivity contribution is 5.43. The average Bonchev–Trinajstić information content (AvgIpc) is 2.57. The fourth-order valence-electron chi connectivity index (χ4n) is 2.16. The Morgan fingerprint density at radius 1 is 1.35 bits per heavy atom. The van der Waals surface area contributed by atoms with Crippen LogP contribution in [0, 0.1) is 10.1 Å². The molecule has 2 rings (SSSR count). The zero-order valence-electron chi connectivity index (χ0n) is 12.8. The van der Waals surface area contributed by atoms with Gasteiger partial charge in [-0.05, 0) is 30.7 Å². The van der Waals surface area contributed by atoms with E-state index in [0.717, 1.165) is 5.56 Å². The summed E-state index contributed by atoms with van der Waals surface area (Å²) in [4.78, 5) is 14.4. The number of nitrogens with one attached hydrogen (secondary N) is 1. The van der Waals surface area contributed by atoms with Gasteiger partial charge in [0.05, 0.1) is 17.6 Å². The lowest BCUT2D eigenvalue weighted by Gasteiger charge is -2.14. The maximum absolute atomic E-state index is 10.9. The lowest BCUT2D eigenvalue weighted by atomic mass is 10.1. The first-order valence-corrected chi connectivity index (χ1v) is 7.30. The molecule has 0 amide bonds. The number of rotatable bonds is 8. The number of aliphatic hydroxyl groups is 1. The minimum Gasteiger partial charge on any atom is -0.494 e. The summed E-state index contributed by atoms with van der Waals surface area (Å²) < 4.78 is 5.48. The van der Waals surface area contributed by atoms with Gasteiger partial charge >= 0.3 is 0 Å². The molecule has 23 heavy (non-hydrogen) atoms. The Hall–Kier alpha value is -2.51. The second-order valence-corrected chi connectivity index (χ2v) is 4.91. The van der Waals surface area contributed by atoms with Crippen molar-refractivity contribution in [2.24, 2.45) is 0 Å². The minimum absolute atomic E-state index is 0.0138. The Labute approximate surface area is 134 Å². The van der Waals surface area contributed by atoms with Crippen LogP contribution >= 0.6 is 0 Å². The smallest absolute Gasteiger partial charge is 0.270 e. The predicted molar refractivity (Wildman–Crippen MR) is 85.2 cm³/mol. The predicted octanol–water partition coefficient (Wildman–Crippen LogP) is 2.21. The molecule has 0 aliphatic rings. The number of ether oxygens (including phenoxy) is 1.